The minimum absolute atomic E-state index is 0.675. The highest BCUT2D eigenvalue weighted by molar-refractivity contribution is 4.83. The predicted molar refractivity (Wildman–Crippen MR) is 76.4 cm³/mol. The molecule has 0 bridgehead atoms. The van der Waals surface area contributed by atoms with Gasteiger partial charge in [0.25, 0.3) is 0 Å². The van der Waals surface area contributed by atoms with Crippen LogP contribution in [0, 0.1) is 11.8 Å². The Morgan fingerprint density at radius 2 is 1.82 bits per heavy atom. The molecule has 102 valence electrons. The molecule has 0 aliphatic carbocycles. The van der Waals surface area contributed by atoms with Crippen LogP contribution >= 0.6 is 0 Å². The zero-order chi connectivity index (χ0) is 12.8. The number of hydrogen-bond acceptors (Lipinski definition) is 2. The third-order valence-electron chi connectivity index (χ3n) is 4.57. The Balaban J connectivity index is 2.61. The normalized spacial score (nSPS) is 25.2. The molecule has 1 saturated heterocycles. The highest BCUT2D eigenvalue weighted by Gasteiger charge is 2.26. The van der Waals surface area contributed by atoms with Crippen LogP contribution in [0.3, 0.4) is 0 Å². The van der Waals surface area contributed by atoms with Crippen LogP contribution in [0.15, 0.2) is 0 Å². The standard InChI is InChI=1S/C15H32N2/c1-6-14(7-2)13(5)17-10-8-9-16-15(11-17)12(3)4/h12-16H,6-11H2,1-5H3. The first-order valence-electron chi connectivity index (χ1n) is 7.57. The van der Waals surface area contributed by atoms with E-state index in [-0.39, 0.29) is 0 Å². The molecule has 0 radical (unpaired) electrons. The second-order valence-corrected chi connectivity index (χ2v) is 5.97. The summed E-state index contributed by atoms with van der Waals surface area (Å²) in [5.74, 6) is 1.60. The molecule has 2 nitrogen and oxygen atoms in total. The maximum absolute atomic E-state index is 3.70. The Labute approximate surface area is 108 Å². The lowest BCUT2D eigenvalue weighted by Crippen LogP contribution is -2.46. The van der Waals surface area contributed by atoms with Crippen molar-refractivity contribution in [3.8, 4) is 0 Å². The van der Waals surface area contributed by atoms with Crippen LogP contribution in [0.4, 0.5) is 0 Å². The van der Waals surface area contributed by atoms with Crippen LogP contribution < -0.4 is 5.32 Å². The molecule has 1 rings (SSSR count). The topological polar surface area (TPSA) is 15.3 Å². The van der Waals surface area contributed by atoms with Gasteiger partial charge in [-0.1, -0.05) is 40.5 Å². The van der Waals surface area contributed by atoms with E-state index in [1.54, 1.807) is 0 Å². The highest BCUT2D eigenvalue weighted by atomic mass is 15.2. The summed E-state index contributed by atoms with van der Waals surface area (Å²) < 4.78 is 0. The number of nitrogens with one attached hydrogen (secondary N) is 1. The fourth-order valence-corrected chi connectivity index (χ4v) is 3.06. The Bertz CT molecular complexity index is 199. The van der Waals surface area contributed by atoms with Crippen molar-refractivity contribution < 1.29 is 0 Å². The van der Waals surface area contributed by atoms with Gasteiger partial charge in [-0.05, 0) is 38.3 Å². The average Bonchev–Trinajstić information content (AvgIpc) is 2.56. The van der Waals surface area contributed by atoms with E-state index in [9.17, 15) is 0 Å². The highest BCUT2D eigenvalue weighted by Crippen LogP contribution is 2.21. The summed E-state index contributed by atoms with van der Waals surface area (Å²) in [6.07, 6.45) is 3.93. The van der Waals surface area contributed by atoms with Crippen molar-refractivity contribution in [2.45, 2.75) is 66.0 Å². The van der Waals surface area contributed by atoms with E-state index in [0.29, 0.717) is 6.04 Å². The summed E-state index contributed by atoms with van der Waals surface area (Å²) in [6, 6.07) is 1.42. The van der Waals surface area contributed by atoms with Crippen molar-refractivity contribution in [1.29, 1.82) is 0 Å². The zero-order valence-electron chi connectivity index (χ0n) is 12.5. The van der Waals surface area contributed by atoms with Gasteiger partial charge in [-0.25, -0.2) is 0 Å². The van der Waals surface area contributed by atoms with Crippen molar-refractivity contribution >= 4 is 0 Å². The third-order valence-corrected chi connectivity index (χ3v) is 4.57. The monoisotopic (exact) mass is 240 g/mol. The summed E-state index contributed by atoms with van der Waals surface area (Å²) in [6.45, 7) is 15.5. The van der Waals surface area contributed by atoms with E-state index < -0.39 is 0 Å². The number of rotatable bonds is 5. The van der Waals surface area contributed by atoms with E-state index in [4.69, 9.17) is 0 Å². The largest absolute Gasteiger partial charge is 0.312 e. The molecule has 1 N–H and O–H groups in total. The Morgan fingerprint density at radius 1 is 1.18 bits per heavy atom. The summed E-state index contributed by atoms with van der Waals surface area (Å²) in [4.78, 5) is 2.72. The van der Waals surface area contributed by atoms with E-state index in [2.05, 4.69) is 44.8 Å². The molecule has 1 heterocycles. The van der Waals surface area contributed by atoms with Gasteiger partial charge in [-0.3, -0.25) is 4.90 Å². The SMILES string of the molecule is CCC(CC)C(C)N1CCCNC(C(C)C)C1. The van der Waals surface area contributed by atoms with E-state index in [1.165, 1.54) is 38.9 Å². The lowest BCUT2D eigenvalue weighted by molar-refractivity contribution is 0.138. The molecule has 0 amide bonds. The molecular weight excluding hydrogens is 208 g/mol. The first-order chi connectivity index (χ1) is 8.10. The lowest BCUT2D eigenvalue weighted by atomic mass is 9.93. The molecule has 2 atom stereocenters. The van der Waals surface area contributed by atoms with E-state index >= 15 is 0 Å². The average molecular weight is 240 g/mol. The van der Waals surface area contributed by atoms with Gasteiger partial charge in [-0.2, -0.15) is 0 Å². The van der Waals surface area contributed by atoms with Crippen molar-refractivity contribution in [3.63, 3.8) is 0 Å². The van der Waals surface area contributed by atoms with E-state index in [1.807, 2.05) is 0 Å². The zero-order valence-corrected chi connectivity index (χ0v) is 12.5. The molecule has 1 fully saturated rings. The van der Waals surface area contributed by atoms with Crippen LogP contribution in [0.25, 0.3) is 0 Å². The van der Waals surface area contributed by atoms with Gasteiger partial charge in [0.2, 0.25) is 0 Å². The van der Waals surface area contributed by atoms with Gasteiger partial charge in [0.05, 0.1) is 0 Å². The third kappa shape index (κ3) is 4.26. The van der Waals surface area contributed by atoms with E-state index in [0.717, 1.165) is 17.9 Å². The predicted octanol–water partition coefficient (Wildman–Crippen LogP) is 3.13. The van der Waals surface area contributed by atoms with Crippen LogP contribution in [0.5, 0.6) is 0 Å². The van der Waals surface area contributed by atoms with Gasteiger partial charge < -0.3 is 5.32 Å². The molecular formula is C15H32N2. The van der Waals surface area contributed by atoms with Gasteiger partial charge in [-0.15, -0.1) is 0 Å². The first kappa shape index (κ1) is 15.0. The van der Waals surface area contributed by atoms with Crippen molar-refractivity contribution in [2.24, 2.45) is 11.8 Å². The Kier molecular flexibility index (Phi) is 6.50. The lowest BCUT2D eigenvalue weighted by Gasteiger charge is -2.35. The van der Waals surface area contributed by atoms with Gasteiger partial charge >= 0.3 is 0 Å². The van der Waals surface area contributed by atoms with Gasteiger partial charge in [0.1, 0.15) is 0 Å². The summed E-state index contributed by atoms with van der Waals surface area (Å²) in [7, 11) is 0. The summed E-state index contributed by atoms with van der Waals surface area (Å²) in [5, 5.41) is 3.70. The van der Waals surface area contributed by atoms with Gasteiger partial charge in [0, 0.05) is 18.6 Å². The summed E-state index contributed by atoms with van der Waals surface area (Å²) in [5.41, 5.74) is 0. The van der Waals surface area contributed by atoms with Crippen molar-refractivity contribution in [1.82, 2.24) is 10.2 Å². The molecule has 2 unspecified atom stereocenters. The summed E-state index contributed by atoms with van der Waals surface area (Å²) >= 11 is 0. The Hall–Kier alpha value is -0.0800. The second kappa shape index (κ2) is 7.38. The van der Waals surface area contributed by atoms with Crippen molar-refractivity contribution in [3.05, 3.63) is 0 Å². The number of hydrogen-bond donors (Lipinski definition) is 1. The molecule has 0 aromatic rings. The minimum Gasteiger partial charge on any atom is -0.312 e. The maximum Gasteiger partial charge on any atom is 0.0218 e. The molecule has 0 aromatic carbocycles. The van der Waals surface area contributed by atoms with Crippen LogP contribution in [0.1, 0.15) is 53.9 Å². The van der Waals surface area contributed by atoms with Crippen LogP contribution in [-0.2, 0) is 0 Å². The maximum atomic E-state index is 3.70. The van der Waals surface area contributed by atoms with Crippen LogP contribution in [-0.4, -0.2) is 36.6 Å². The Morgan fingerprint density at radius 3 is 2.35 bits per heavy atom. The molecule has 0 spiro atoms. The smallest absolute Gasteiger partial charge is 0.0218 e. The molecule has 0 aromatic heterocycles. The quantitative estimate of drug-likeness (QED) is 0.794. The van der Waals surface area contributed by atoms with Crippen LogP contribution in [0.2, 0.25) is 0 Å². The first-order valence-corrected chi connectivity index (χ1v) is 7.57. The molecule has 2 heteroatoms. The molecule has 0 saturated carbocycles. The number of nitrogens with zero attached hydrogens (tertiary/aromatic N) is 1. The van der Waals surface area contributed by atoms with Crippen molar-refractivity contribution in [2.75, 3.05) is 19.6 Å². The fraction of sp³-hybridized carbons (Fsp3) is 1.00. The molecule has 1 aliphatic rings. The molecule has 1 aliphatic heterocycles. The fourth-order valence-electron chi connectivity index (χ4n) is 3.06. The second-order valence-electron chi connectivity index (χ2n) is 5.97. The van der Waals surface area contributed by atoms with Gasteiger partial charge in [0.15, 0.2) is 0 Å². The minimum atomic E-state index is 0.675. The molecule has 17 heavy (non-hydrogen) atoms.